The van der Waals surface area contributed by atoms with Gasteiger partial charge in [-0.2, -0.15) is 11.8 Å². The van der Waals surface area contributed by atoms with Crippen molar-refractivity contribution in [2.75, 3.05) is 24.6 Å². The highest BCUT2D eigenvalue weighted by atomic mass is 32.2. The highest BCUT2D eigenvalue weighted by Gasteiger charge is 2.22. The summed E-state index contributed by atoms with van der Waals surface area (Å²) in [4.78, 5) is 15.5. The van der Waals surface area contributed by atoms with Crippen molar-refractivity contribution < 1.29 is 4.79 Å². The molecule has 1 aliphatic rings. The third kappa shape index (κ3) is 3.05. The van der Waals surface area contributed by atoms with Gasteiger partial charge in [0.25, 0.3) is 5.91 Å². The normalized spacial score (nSPS) is 17.2. The van der Waals surface area contributed by atoms with Gasteiger partial charge in [0.2, 0.25) is 0 Å². The Bertz CT molecular complexity index is 400. The van der Waals surface area contributed by atoms with Gasteiger partial charge < -0.3 is 4.90 Å². The summed E-state index contributed by atoms with van der Waals surface area (Å²) >= 11 is 3.63. The van der Waals surface area contributed by atoms with Crippen LogP contribution in [0.3, 0.4) is 0 Å². The number of nitrogens with zero attached hydrogens (tertiary/aromatic N) is 1. The van der Waals surface area contributed by atoms with Crippen molar-refractivity contribution in [3.8, 4) is 0 Å². The molecule has 0 radical (unpaired) electrons. The molecule has 0 saturated carbocycles. The lowest BCUT2D eigenvalue weighted by Crippen LogP contribution is -2.37. The van der Waals surface area contributed by atoms with Crippen molar-refractivity contribution in [1.29, 1.82) is 0 Å². The molecule has 0 unspecified atom stereocenters. The van der Waals surface area contributed by atoms with Crippen LogP contribution in [0.5, 0.6) is 0 Å². The van der Waals surface area contributed by atoms with Gasteiger partial charge in [-0.25, -0.2) is 0 Å². The Kier molecular flexibility index (Phi) is 3.83. The lowest BCUT2D eigenvalue weighted by molar-refractivity contribution is 0.0773. The van der Waals surface area contributed by atoms with Crippen molar-refractivity contribution in [2.45, 2.75) is 26.2 Å². The quantitative estimate of drug-likeness (QED) is 0.780. The number of thioether (sulfide) groups is 1. The Labute approximate surface area is 111 Å². The predicted octanol–water partition coefficient (Wildman–Crippen LogP) is 3.23. The van der Waals surface area contributed by atoms with Crippen LogP contribution in [0.4, 0.5) is 0 Å². The monoisotopic (exact) mass is 269 g/mol. The van der Waals surface area contributed by atoms with Gasteiger partial charge in [0, 0.05) is 34.9 Å². The first-order chi connectivity index (χ1) is 7.98. The Morgan fingerprint density at radius 1 is 1.29 bits per heavy atom. The van der Waals surface area contributed by atoms with E-state index in [2.05, 4.69) is 26.8 Å². The summed E-state index contributed by atoms with van der Waals surface area (Å²) in [5, 5.41) is 2.00. The van der Waals surface area contributed by atoms with E-state index >= 15 is 0 Å². The number of carbonyl (C=O) groups excluding carboxylic acids is 1. The van der Waals surface area contributed by atoms with Gasteiger partial charge in [-0.1, -0.05) is 20.8 Å². The molecule has 1 aliphatic heterocycles. The smallest absolute Gasteiger partial charge is 0.254 e. The Balaban J connectivity index is 2.11. The molecule has 17 heavy (non-hydrogen) atoms. The first kappa shape index (κ1) is 13.0. The van der Waals surface area contributed by atoms with E-state index in [-0.39, 0.29) is 11.3 Å². The van der Waals surface area contributed by atoms with Crippen LogP contribution in [0, 0.1) is 0 Å². The van der Waals surface area contributed by atoms with Crippen LogP contribution in [-0.4, -0.2) is 35.4 Å². The molecule has 1 amide bonds. The molecule has 1 fully saturated rings. The number of rotatable bonds is 1. The van der Waals surface area contributed by atoms with Crippen LogP contribution in [-0.2, 0) is 5.41 Å². The predicted molar refractivity (Wildman–Crippen MR) is 76.2 cm³/mol. The van der Waals surface area contributed by atoms with Gasteiger partial charge >= 0.3 is 0 Å². The van der Waals surface area contributed by atoms with E-state index in [0.717, 1.165) is 30.2 Å². The molecular formula is C13H19NOS2. The zero-order chi connectivity index (χ0) is 12.5. The van der Waals surface area contributed by atoms with E-state index in [1.54, 1.807) is 11.3 Å². The minimum atomic E-state index is 0.140. The topological polar surface area (TPSA) is 20.3 Å². The fraction of sp³-hybridized carbons (Fsp3) is 0.615. The first-order valence-corrected chi connectivity index (χ1v) is 7.98. The molecule has 0 aromatic carbocycles. The minimum Gasteiger partial charge on any atom is -0.337 e. The Morgan fingerprint density at radius 2 is 1.94 bits per heavy atom. The average Bonchev–Trinajstić information content (AvgIpc) is 2.78. The number of amides is 1. The van der Waals surface area contributed by atoms with Gasteiger partial charge in [-0.15, -0.1) is 11.3 Å². The van der Waals surface area contributed by atoms with Gasteiger partial charge in [0.05, 0.1) is 5.56 Å². The standard InChI is InChI=1S/C13H19NOS2/c1-13(2,3)11-8-10(9-17-11)12(15)14-4-6-16-7-5-14/h8-9H,4-7H2,1-3H3. The van der Waals surface area contributed by atoms with Crippen LogP contribution in [0.25, 0.3) is 0 Å². The lowest BCUT2D eigenvalue weighted by Gasteiger charge is -2.26. The SMILES string of the molecule is CC(C)(C)c1cc(C(=O)N2CCSCC2)cs1. The number of thiophene rings is 1. The Morgan fingerprint density at radius 3 is 2.47 bits per heavy atom. The molecule has 0 N–H and O–H groups in total. The second-order valence-electron chi connectivity index (χ2n) is 5.35. The molecule has 0 aliphatic carbocycles. The molecule has 2 nitrogen and oxygen atoms in total. The van der Waals surface area contributed by atoms with Crippen molar-refractivity contribution >= 4 is 29.0 Å². The van der Waals surface area contributed by atoms with Gasteiger partial charge in [0.15, 0.2) is 0 Å². The minimum absolute atomic E-state index is 0.140. The molecule has 2 heterocycles. The molecule has 0 spiro atoms. The van der Waals surface area contributed by atoms with Gasteiger partial charge in [0.1, 0.15) is 0 Å². The van der Waals surface area contributed by atoms with Gasteiger partial charge in [-0.05, 0) is 11.5 Å². The summed E-state index contributed by atoms with van der Waals surface area (Å²) in [6.07, 6.45) is 0. The van der Waals surface area contributed by atoms with Crippen molar-refractivity contribution in [3.05, 3.63) is 21.9 Å². The van der Waals surface area contributed by atoms with Crippen molar-refractivity contribution in [2.24, 2.45) is 0 Å². The molecule has 1 aromatic rings. The number of hydrogen-bond donors (Lipinski definition) is 0. The Hall–Kier alpha value is -0.480. The van der Waals surface area contributed by atoms with Gasteiger partial charge in [-0.3, -0.25) is 4.79 Å². The maximum atomic E-state index is 12.3. The van der Waals surface area contributed by atoms with Crippen LogP contribution >= 0.6 is 23.1 Å². The van der Waals surface area contributed by atoms with E-state index in [9.17, 15) is 4.79 Å². The summed E-state index contributed by atoms with van der Waals surface area (Å²) in [6, 6.07) is 2.06. The van der Waals surface area contributed by atoms with Crippen LogP contribution in [0.1, 0.15) is 36.0 Å². The zero-order valence-corrected chi connectivity index (χ0v) is 12.3. The molecule has 4 heteroatoms. The summed E-state index contributed by atoms with van der Waals surface area (Å²) in [5.74, 6) is 2.35. The summed E-state index contributed by atoms with van der Waals surface area (Å²) < 4.78 is 0. The van der Waals surface area contributed by atoms with E-state index in [1.807, 2.05) is 22.0 Å². The molecule has 0 bridgehead atoms. The molecule has 0 atom stereocenters. The average molecular weight is 269 g/mol. The van der Waals surface area contributed by atoms with Crippen molar-refractivity contribution in [3.63, 3.8) is 0 Å². The highest BCUT2D eigenvalue weighted by molar-refractivity contribution is 7.99. The van der Waals surface area contributed by atoms with Crippen LogP contribution in [0.15, 0.2) is 11.4 Å². The first-order valence-electron chi connectivity index (χ1n) is 5.94. The summed E-state index contributed by atoms with van der Waals surface area (Å²) in [6.45, 7) is 8.34. The van der Waals surface area contributed by atoms with E-state index in [0.29, 0.717) is 0 Å². The van der Waals surface area contributed by atoms with Crippen LogP contribution < -0.4 is 0 Å². The largest absolute Gasteiger partial charge is 0.337 e. The molecule has 1 aromatic heterocycles. The summed E-state index contributed by atoms with van der Waals surface area (Å²) in [5.41, 5.74) is 1.01. The maximum Gasteiger partial charge on any atom is 0.254 e. The van der Waals surface area contributed by atoms with E-state index in [4.69, 9.17) is 0 Å². The van der Waals surface area contributed by atoms with Crippen LogP contribution in [0.2, 0.25) is 0 Å². The third-order valence-corrected chi connectivity index (χ3v) is 5.18. The van der Waals surface area contributed by atoms with Crippen molar-refractivity contribution in [1.82, 2.24) is 4.90 Å². The fourth-order valence-electron chi connectivity index (χ4n) is 1.79. The second-order valence-corrected chi connectivity index (χ2v) is 7.49. The molecular weight excluding hydrogens is 250 g/mol. The zero-order valence-electron chi connectivity index (χ0n) is 10.7. The lowest BCUT2D eigenvalue weighted by atomic mass is 9.94. The number of carbonyl (C=O) groups is 1. The maximum absolute atomic E-state index is 12.3. The highest BCUT2D eigenvalue weighted by Crippen LogP contribution is 2.29. The second kappa shape index (κ2) is 5.02. The van der Waals surface area contributed by atoms with E-state index in [1.165, 1.54) is 4.88 Å². The molecule has 1 saturated heterocycles. The number of hydrogen-bond acceptors (Lipinski definition) is 3. The summed E-state index contributed by atoms with van der Waals surface area (Å²) in [7, 11) is 0. The fourth-order valence-corrected chi connectivity index (χ4v) is 3.67. The van der Waals surface area contributed by atoms with E-state index < -0.39 is 0 Å². The molecule has 2 rings (SSSR count). The molecule has 94 valence electrons. The third-order valence-electron chi connectivity index (χ3n) is 2.88.